The highest BCUT2D eigenvalue weighted by molar-refractivity contribution is 5.93. The monoisotopic (exact) mass is 563 g/mol. The molecule has 2 saturated heterocycles. The Morgan fingerprint density at radius 2 is 1.46 bits per heavy atom. The van der Waals surface area contributed by atoms with Crippen molar-refractivity contribution in [2.45, 2.75) is 62.8 Å². The Kier molecular flexibility index (Phi) is 10.1. The van der Waals surface area contributed by atoms with Crippen molar-refractivity contribution < 1.29 is 29.1 Å². The fraction of sp³-hybridized carbons (Fsp3) is 0.433. The lowest BCUT2D eigenvalue weighted by atomic mass is 10.00. The van der Waals surface area contributed by atoms with Gasteiger partial charge >= 0.3 is 6.03 Å². The van der Waals surface area contributed by atoms with Gasteiger partial charge in [-0.1, -0.05) is 60.7 Å². The second-order valence-electron chi connectivity index (χ2n) is 10.6. The van der Waals surface area contributed by atoms with Crippen molar-refractivity contribution in [3.05, 3.63) is 71.8 Å². The predicted octanol–water partition coefficient (Wildman–Crippen LogP) is 0.537. The Hall–Kier alpha value is -4.25. The highest BCUT2D eigenvalue weighted by Crippen LogP contribution is 2.21. The third-order valence-electron chi connectivity index (χ3n) is 7.62. The molecule has 5 N–H and O–H groups in total. The molecule has 11 heteroatoms. The minimum Gasteiger partial charge on any atom is -0.381 e. The molecular weight excluding hydrogens is 526 g/mol. The van der Waals surface area contributed by atoms with E-state index in [1.54, 1.807) is 0 Å². The van der Waals surface area contributed by atoms with Gasteiger partial charge in [0.15, 0.2) is 6.10 Å². The van der Waals surface area contributed by atoms with Gasteiger partial charge in [0.1, 0.15) is 17.9 Å². The molecule has 2 aromatic rings. The lowest BCUT2D eigenvalue weighted by molar-refractivity contribution is -0.141. The SMILES string of the molecule is NC(=O)C(O)C(Cc1ccccc1)NC(=O)[C@@H]1CCCN1C(=O)[C@H](Cc1ccccc1)NC(=O)N1CCC(=O)CC1. The first-order valence-electron chi connectivity index (χ1n) is 14.0. The summed E-state index contributed by atoms with van der Waals surface area (Å²) in [5.41, 5.74) is 6.99. The summed E-state index contributed by atoms with van der Waals surface area (Å²) >= 11 is 0. The lowest BCUT2D eigenvalue weighted by Gasteiger charge is -2.32. The van der Waals surface area contributed by atoms with Crippen LogP contribution in [0.2, 0.25) is 0 Å². The predicted molar refractivity (Wildman–Crippen MR) is 150 cm³/mol. The lowest BCUT2D eigenvalue weighted by Crippen LogP contribution is -2.58. The Labute approximate surface area is 239 Å². The van der Waals surface area contributed by atoms with Gasteiger partial charge in [-0.3, -0.25) is 19.2 Å². The number of Topliss-reactive ketones (excluding diaryl/α,β-unsaturated/α-hetero) is 1. The first-order chi connectivity index (χ1) is 19.7. The van der Waals surface area contributed by atoms with Crippen LogP contribution in [0.25, 0.3) is 0 Å². The fourth-order valence-electron chi connectivity index (χ4n) is 5.34. The Bertz CT molecular complexity index is 1230. The van der Waals surface area contributed by atoms with Gasteiger partial charge in [-0.25, -0.2) is 4.79 Å². The summed E-state index contributed by atoms with van der Waals surface area (Å²) in [6.07, 6.45) is 0.295. The molecule has 0 radical (unpaired) electrons. The maximum Gasteiger partial charge on any atom is 0.318 e. The maximum atomic E-state index is 13.9. The van der Waals surface area contributed by atoms with Crippen molar-refractivity contribution in [2.75, 3.05) is 19.6 Å². The first-order valence-corrected chi connectivity index (χ1v) is 14.0. The second kappa shape index (κ2) is 13.9. The highest BCUT2D eigenvalue weighted by Gasteiger charge is 2.39. The molecule has 2 unspecified atom stereocenters. The topological polar surface area (TPSA) is 162 Å². The number of likely N-dealkylation sites (tertiary alicyclic amines) is 2. The summed E-state index contributed by atoms with van der Waals surface area (Å²) in [5.74, 6) is -1.76. The molecule has 2 aliphatic rings. The number of ketones is 1. The third kappa shape index (κ3) is 7.91. The summed E-state index contributed by atoms with van der Waals surface area (Å²) in [6.45, 7) is 0.894. The average Bonchev–Trinajstić information content (AvgIpc) is 3.47. The van der Waals surface area contributed by atoms with Crippen LogP contribution in [0.3, 0.4) is 0 Å². The number of benzene rings is 2. The van der Waals surface area contributed by atoms with Crippen molar-refractivity contribution in [3.8, 4) is 0 Å². The number of hydrogen-bond acceptors (Lipinski definition) is 6. The van der Waals surface area contributed by atoms with E-state index in [-0.39, 0.29) is 44.6 Å². The number of rotatable bonds is 10. The van der Waals surface area contributed by atoms with Crippen LogP contribution in [0.1, 0.15) is 36.8 Å². The van der Waals surface area contributed by atoms with Gasteiger partial charge in [-0.05, 0) is 30.4 Å². The summed E-state index contributed by atoms with van der Waals surface area (Å²) in [7, 11) is 0. The van der Waals surface area contributed by atoms with Gasteiger partial charge in [-0.2, -0.15) is 0 Å². The van der Waals surface area contributed by atoms with Crippen molar-refractivity contribution in [3.63, 3.8) is 0 Å². The number of nitrogens with one attached hydrogen (secondary N) is 2. The molecule has 0 saturated carbocycles. The van der Waals surface area contributed by atoms with Crippen LogP contribution in [-0.4, -0.2) is 88.3 Å². The molecule has 11 nitrogen and oxygen atoms in total. The van der Waals surface area contributed by atoms with Crippen LogP contribution < -0.4 is 16.4 Å². The van der Waals surface area contributed by atoms with E-state index in [9.17, 15) is 29.1 Å². The van der Waals surface area contributed by atoms with Crippen LogP contribution in [0.15, 0.2) is 60.7 Å². The van der Waals surface area contributed by atoms with Crippen molar-refractivity contribution in [1.82, 2.24) is 20.4 Å². The average molecular weight is 564 g/mol. The molecule has 2 aromatic carbocycles. The molecular formula is C30H37N5O6. The molecule has 4 atom stereocenters. The fourth-order valence-corrected chi connectivity index (χ4v) is 5.34. The first kappa shape index (κ1) is 29.7. The highest BCUT2D eigenvalue weighted by atomic mass is 16.3. The number of urea groups is 1. The number of nitrogens with zero attached hydrogens (tertiary/aromatic N) is 2. The molecule has 2 heterocycles. The van der Waals surface area contributed by atoms with Crippen LogP contribution in [-0.2, 0) is 32.0 Å². The zero-order valence-corrected chi connectivity index (χ0v) is 22.9. The van der Waals surface area contributed by atoms with Crippen LogP contribution in [0.4, 0.5) is 4.79 Å². The van der Waals surface area contributed by atoms with E-state index in [4.69, 9.17) is 5.73 Å². The largest absolute Gasteiger partial charge is 0.381 e. The van der Waals surface area contributed by atoms with E-state index >= 15 is 0 Å². The third-order valence-corrected chi connectivity index (χ3v) is 7.62. The zero-order valence-electron chi connectivity index (χ0n) is 22.9. The molecule has 41 heavy (non-hydrogen) atoms. The normalized spacial score (nSPS) is 19.2. The molecule has 4 rings (SSSR count). The molecule has 0 spiro atoms. The Morgan fingerprint density at radius 3 is 2.05 bits per heavy atom. The van der Waals surface area contributed by atoms with Crippen molar-refractivity contribution in [2.24, 2.45) is 5.73 Å². The van der Waals surface area contributed by atoms with Crippen LogP contribution in [0.5, 0.6) is 0 Å². The quantitative estimate of drug-likeness (QED) is 0.330. The number of aliphatic hydroxyl groups excluding tert-OH is 1. The summed E-state index contributed by atoms with van der Waals surface area (Å²) in [4.78, 5) is 66.9. The van der Waals surface area contributed by atoms with Gasteiger partial charge in [0.2, 0.25) is 17.7 Å². The van der Waals surface area contributed by atoms with Gasteiger partial charge in [0.05, 0.1) is 6.04 Å². The number of primary amides is 1. The van der Waals surface area contributed by atoms with Gasteiger partial charge < -0.3 is 31.3 Å². The Balaban J connectivity index is 1.49. The molecule has 2 fully saturated rings. The number of carbonyl (C=O) groups is 5. The standard InChI is InChI=1S/C30H37N5O6/c31-27(38)26(37)23(18-20-8-3-1-4-9-20)32-28(39)25-12-7-15-35(25)29(40)24(19-21-10-5-2-6-11-21)33-30(41)34-16-13-22(36)14-17-34/h1-6,8-11,23-26,37H,7,12-19H2,(H2,31,38)(H,32,39)(H,33,41)/t23?,24-,25-,26?/m0/s1. The molecule has 0 aliphatic carbocycles. The van der Waals surface area contributed by atoms with Gasteiger partial charge in [0, 0.05) is 38.9 Å². The smallest absolute Gasteiger partial charge is 0.318 e. The van der Waals surface area contributed by atoms with E-state index in [2.05, 4.69) is 10.6 Å². The molecule has 0 aromatic heterocycles. The summed E-state index contributed by atoms with van der Waals surface area (Å²) < 4.78 is 0. The van der Waals surface area contributed by atoms with Gasteiger partial charge in [0.25, 0.3) is 0 Å². The molecule has 0 bridgehead atoms. The number of aliphatic hydroxyl groups is 1. The number of nitrogens with two attached hydrogens (primary N) is 1. The van der Waals surface area contributed by atoms with E-state index in [0.717, 1.165) is 11.1 Å². The van der Waals surface area contributed by atoms with E-state index in [1.807, 2.05) is 60.7 Å². The summed E-state index contributed by atoms with van der Waals surface area (Å²) in [5, 5.41) is 16.1. The number of hydrogen-bond donors (Lipinski definition) is 4. The maximum absolute atomic E-state index is 13.9. The van der Waals surface area contributed by atoms with Crippen LogP contribution >= 0.6 is 0 Å². The minimum absolute atomic E-state index is 0.101. The molecule has 2 aliphatic heterocycles. The number of piperidine rings is 1. The van der Waals surface area contributed by atoms with E-state index in [0.29, 0.717) is 19.4 Å². The molecule has 5 amide bonds. The second-order valence-corrected chi connectivity index (χ2v) is 10.6. The van der Waals surface area contributed by atoms with Crippen molar-refractivity contribution >= 4 is 29.5 Å². The molecule has 218 valence electrons. The summed E-state index contributed by atoms with van der Waals surface area (Å²) in [6, 6.07) is 15.2. The van der Waals surface area contributed by atoms with E-state index in [1.165, 1.54) is 9.80 Å². The van der Waals surface area contributed by atoms with Gasteiger partial charge in [-0.15, -0.1) is 0 Å². The van der Waals surface area contributed by atoms with E-state index < -0.39 is 48.0 Å². The van der Waals surface area contributed by atoms with Crippen LogP contribution in [0, 0.1) is 0 Å². The Morgan fingerprint density at radius 1 is 0.878 bits per heavy atom. The minimum atomic E-state index is -1.62. The zero-order chi connectivity index (χ0) is 29.4. The number of carbonyl (C=O) groups excluding carboxylic acids is 5. The number of amides is 5. The van der Waals surface area contributed by atoms with Crippen molar-refractivity contribution in [1.29, 1.82) is 0 Å².